The van der Waals surface area contributed by atoms with Gasteiger partial charge in [-0.3, -0.25) is 4.31 Å². The predicted molar refractivity (Wildman–Crippen MR) is 140 cm³/mol. The van der Waals surface area contributed by atoms with E-state index in [9.17, 15) is 13.2 Å². The van der Waals surface area contributed by atoms with Gasteiger partial charge in [0.1, 0.15) is 0 Å². The van der Waals surface area contributed by atoms with E-state index in [1.807, 2.05) is 52.8 Å². The summed E-state index contributed by atoms with van der Waals surface area (Å²) in [6, 6.07) is 9.44. The highest BCUT2D eigenvalue weighted by Gasteiger charge is 2.38. The van der Waals surface area contributed by atoms with E-state index in [1.165, 1.54) is 17.7 Å². The monoisotopic (exact) mass is 518 g/mol. The lowest BCUT2D eigenvalue weighted by atomic mass is 9.87. The molecule has 0 fully saturated rings. The first kappa shape index (κ1) is 25.5. The maximum atomic E-state index is 13.2. The normalized spacial score (nSPS) is 14.9. The van der Waals surface area contributed by atoms with Crippen molar-refractivity contribution in [3.8, 4) is 11.1 Å². The summed E-state index contributed by atoms with van der Waals surface area (Å²) in [4.78, 5) is 13.2. The van der Waals surface area contributed by atoms with Crippen LogP contribution in [0, 0.1) is 13.8 Å². The number of anilines is 1. The number of aryl methyl sites for hydroxylation is 1. The van der Waals surface area contributed by atoms with Gasteiger partial charge in [0.05, 0.1) is 36.7 Å². The van der Waals surface area contributed by atoms with Crippen molar-refractivity contribution in [2.45, 2.75) is 52.9 Å². The van der Waals surface area contributed by atoms with Crippen molar-refractivity contribution in [3.05, 3.63) is 52.2 Å². The van der Waals surface area contributed by atoms with Crippen LogP contribution in [-0.2, 0) is 30.8 Å². The van der Waals surface area contributed by atoms with Crippen LogP contribution in [0.25, 0.3) is 22.0 Å². The summed E-state index contributed by atoms with van der Waals surface area (Å²) < 4.78 is 40.8. The second kappa shape index (κ2) is 8.84. The van der Waals surface area contributed by atoms with Crippen molar-refractivity contribution in [1.29, 1.82) is 0 Å². The molecule has 0 saturated heterocycles. The van der Waals surface area contributed by atoms with Crippen LogP contribution in [0.5, 0.6) is 0 Å². The molecule has 7 nitrogen and oxygen atoms in total. The number of sulfonamides is 1. The second-order valence-corrected chi connectivity index (χ2v) is 12.3. The molecule has 0 unspecified atom stereocenters. The standard InChI is InChI=1S/C26H31ClN2O5S/c1-15-14-19-21(17-8-10-18(27)11-9-17)20(24(25(30)33-6)34-26(3,4)5)16(2)22-23(19)28(15)12-13-29(22)35(7,31)32/h8-11,14,24H,12-13H2,1-7H3/t24-/m0/s1. The molecule has 1 aliphatic heterocycles. The van der Waals surface area contributed by atoms with E-state index in [4.69, 9.17) is 21.1 Å². The molecule has 0 bridgehead atoms. The lowest BCUT2D eigenvalue weighted by molar-refractivity contribution is -0.164. The zero-order chi connectivity index (χ0) is 25.9. The van der Waals surface area contributed by atoms with E-state index in [1.54, 1.807) is 12.1 Å². The van der Waals surface area contributed by atoms with E-state index in [0.717, 1.165) is 27.7 Å². The van der Waals surface area contributed by atoms with Crippen LogP contribution in [-0.4, -0.2) is 44.5 Å². The van der Waals surface area contributed by atoms with Gasteiger partial charge in [-0.15, -0.1) is 0 Å². The van der Waals surface area contributed by atoms with Crippen molar-refractivity contribution >= 4 is 44.2 Å². The first-order chi connectivity index (χ1) is 16.2. The Morgan fingerprint density at radius 1 is 1.11 bits per heavy atom. The van der Waals surface area contributed by atoms with Gasteiger partial charge < -0.3 is 14.0 Å². The minimum atomic E-state index is -3.57. The van der Waals surface area contributed by atoms with Crippen LogP contribution in [0.15, 0.2) is 30.3 Å². The van der Waals surface area contributed by atoms with Crippen molar-refractivity contribution < 1.29 is 22.7 Å². The van der Waals surface area contributed by atoms with Crippen LogP contribution < -0.4 is 4.31 Å². The Kier molecular flexibility index (Phi) is 6.45. The van der Waals surface area contributed by atoms with Gasteiger partial charge in [-0.1, -0.05) is 23.7 Å². The number of carbonyl (C=O) groups is 1. The van der Waals surface area contributed by atoms with Crippen molar-refractivity contribution in [2.24, 2.45) is 0 Å². The summed E-state index contributed by atoms with van der Waals surface area (Å²) in [6.07, 6.45) is 0.137. The number of hydrogen-bond acceptors (Lipinski definition) is 5. The molecule has 2 heterocycles. The molecule has 0 spiro atoms. The number of carbonyl (C=O) groups excluding carboxylic acids is 1. The molecule has 0 aliphatic carbocycles. The fourth-order valence-corrected chi connectivity index (χ4v) is 6.02. The van der Waals surface area contributed by atoms with E-state index >= 15 is 0 Å². The van der Waals surface area contributed by atoms with Gasteiger partial charge in [-0.25, -0.2) is 13.2 Å². The van der Waals surface area contributed by atoms with Crippen LogP contribution in [0.3, 0.4) is 0 Å². The molecule has 0 N–H and O–H groups in total. The molecule has 3 aromatic rings. The number of benzene rings is 2. The average molecular weight is 519 g/mol. The first-order valence-electron chi connectivity index (χ1n) is 11.4. The molecule has 0 saturated carbocycles. The summed E-state index contributed by atoms with van der Waals surface area (Å²) in [5, 5.41) is 1.44. The number of hydrogen-bond donors (Lipinski definition) is 0. The maximum Gasteiger partial charge on any atom is 0.339 e. The number of aromatic nitrogens is 1. The van der Waals surface area contributed by atoms with Crippen LogP contribution >= 0.6 is 11.6 Å². The Morgan fingerprint density at radius 2 is 1.74 bits per heavy atom. The molecule has 4 rings (SSSR count). The lowest BCUT2D eigenvalue weighted by Crippen LogP contribution is -2.37. The molecule has 9 heteroatoms. The summed E-state index contributed by atoms with van der Waals surface area (Å²) >= 11 is 6.19. The average Bonchev–Trinajstić information content (AvgIpc) is 3.10. The molecule has 188 valence electrons. The van der Waals surface area contributed by atoms with Crippen LogP contribution in [0.1, 0.15) is 43.7 Å². The molecule has 0 radical (unpaired) electrons. The Labute approximate surface area is 211 Å². The Morgan fingerprint density at radius 3 is 2.29 bits per heavy atom. The first-order valence-corrected chi connectivity index (χ1v) is 13.6. The third-order valence-electron chi connectivity index (χ3n) is 6.28. The molecule has 35 heavy (non-hydrogen) atoms. The van der Waals surface area contributed by atoms with Crippen LogP contribution in [0.2, 0.25) is 5.02 Å². The van der Waals surface area contributed by atoms with Gasteiger partial charge in [-0.2, -0.15) is 0 Å². The number of rotatable bonds is 5. The van der Waals surface area contributed by atoms with Gasteiger partial charge in [-0.05, 0) is 69.5 Å². The number of methoxy groups -OCH3 is 1. The number of halogens is 1. The zero-order valence-electron chi connectivity index (χ0n) is 21.1. The molecule has 1 atom stereocenters. The highest BCUT2D eigenvalue weighted by Crippen LogP contribution is 2.48. The predicted octanol–water partition coefficient (Wildman–Crippen LogP) is 5.39. The number of ether oxygens (including phenoxy) is 2. The largest absolute Gasteiger partial charge is 0.467 e. The molecule has 2 aromatic carbocycles. The maximum absolute atomic E-state index is 13.2. The van der Waals surface area contributed by atoms with Crippen LogP contribution in [0.4, 0.5) is 5.69 Å². The van der Waals surface area contributed by atoms with Crippen molar-refractivity contribution in [3.63, 3.8) is 0 Å². The molecular weight excluding hydrogens is 488 g/mol. The zero-order valence-corrected chi connectivity index (χ0v) is 22.7. The Hall–Kier alpha value is -2.55. The smallest absolute Gasteiger partial charge is 0.339 e. The summed E-state index contributed by atoms with van der Waals surface area (Å²) in [5.41, 5.74) is 4.62. The molecule has 1 aliphatic rings. The Bertz CT molecular complexity index is 1420. The molecule has 0 amide bonds. The lowest BCUT2D eigenvalue weighted by Gasteiger charge is -2.35. The van der Waals surface area contributed by atoms with E-state index < -0.39 is 27.7 Å². The quantitative estimate of drug-likeness (QED) is 0.423. The fraction of sp³-hybridized carbons (Fsp3) is 0.423. The summed E-state index contributed by atoms with van der Waals surface area (Å²) in [6.45, 7) is 10.3. The van der Waals surface area contributed by atoms with E-state index in [2.05, 4.69) is 4.57 Å². The van der Waals surface area contributed by atoms with Gasteiger partial charge in [0, 0.05) is 28.2 Å². The second-order valence-electron chi connectivity index (χ2n) is 9.94. The van der Waals surface area contributed by atoms with E-state index in [-0.39, 0.29) is 0 Å². The van der Waals surface area contributed by atoms with Crippen molar-refractivity contribution in [1.82, 2.24) is 4.57 Å². The van der Waals surface area contributed by atoms with E-state index in [0.29, 0.717) is 34.9 Å². The van der Waals surface area contributed by atoms with Gasteiger partial charge in [0.2, 0.25) is 10.0 Å². The minimum absolute atomic E-state index is 0.306. The minimum Gasteiger partial charge on any atom is -0.467 e. The highest BCUT2D eigenvalue weighted by molar-refractivity contribution is 7.92. The fourth-order valence-electron chi connectivity index (χ4n) is 4.93. The van der Waals surface area contributed by atoms with Gasteiger partial charge in [0.15, 0.2) is 6.10 Å². The Balaban J connectivity index is 2.21. The van der Waals surface area contributed by atoms with Gasteiger partial charge in [0.25, 0.3) is 0 Å². The summed E-state index contributed by atoms with van der Waals surface area (Å²) in [5.74, 6) is -0.553. The third kappa shape index (κ3) is 4.55. The third-order valence-corrected chi connectivity index (χ3v) is 7.70. The highest BCUT2D eigenvalue weighted by atomic mass is 35.5. The SMILES string of the molecule is COC(=O)[C@@H](OC(C)(C)C)c1c(C)c2c3c(cc(C)n3CCN2S(C)(=O)=O)c1-c1ccc(Cl)cc1. The molecule has 1 aromatic heterocycles. The van der Waals surface area contributed by atoms with Gasteiger partial charge >= 0.3 is 5.97 Å². The molecular formula is C26H31ClN2O5S. The number of nitrogens with zero attached hydrogens (tertiary/aromatic N) is 2. The van der Waals surface area contributed by atoms with Crippen molar-refractivity contribution in [2.75, 3.05) is 24.2 Å². The topological polar surface area (TPSA) is 77.8 Å². The summed E-state index contributed by atoms with van der Waals surface area (Å²) in [7, 11) is -2.25. The number of esters is 1.